The molecule has 0 aromatic carbocycles. The van der Waals surface area contributed by atoms with E-state index in [4.69, 9.17) is 5.73 Å². The largest absolute Gasteiger partial charge is 0.573 e. The molecular formula is C10H10F4N2O3. The lowest BCUT2D eigenvalue weighted by molar-refractivity contribution is -0.275. The Morgan fingerprint density at radius 1 is 1.47 bits per heavy atom. The van der Waals surface area contributed by atoms with Crippen molar-refractivity contribution in [3.05, 3.63) is 23.3 Å². The molecule has 0 unspecified atom stereocenters. The van der Waals surface area contributed by atoms with Crippen molar-refractivity contribution < 1.29 is 31.8 Å². The molecule has 1 aromatic heterocycles. The minimum Gasteiger partial charge on any atom is -0.469 e. The number of pyridine rings is 1. The van der Waals surface area contributed by atoms with E-state index in [9.17, 15) is 22.4 Å². The van der Waals surface area contributed by atoms with Gasteiger partial charge in [0.1, 0.15) is 0 Å². The first kappa shape index (κ1) is 15.2. The molecule has 1 heterocycles. The Hall–Kier alpha value is -1.90. The average Bonchev–Trinajstić information content (AvgIpc) is 2.32. The molecular weight excluding hydrogens is 272 g/mol. The Labute approximate surface area is 105 Å². The van der Waals surface area contributed by atoms with Gasteiger partial charge in [-0.25, -0.2) is 4.39 Å². The molecule has 0 saturated heterocycles. The van der Waals surface area contributed by atoms with Crippen LogP contribution >= 0.6 is 0 Å². The molecule has 1 aromatic rings. The molecule has 19 heavy (non-hydrogen) atoms. The second kappa shape index (κ2) is 5.83. The lowest BCUT2D eigenvalue weighted by Gasteiger charge is -2.13. The van der Waals surface area contributed by atoms with E-state index in [1.54, 1.807) is 0 Å². The first-order chi connectivity index (χ1) is 8.78. The van der Waals surface area contributed by atoms with Gasteiger partial charge in [-0.15, -0.1) is 13.2 Å². The highest BCUT2D eigenvalue weighted by molar-refractivity contribution is 5.73. The highest BCUT2D eigenvalue weighted by atomic mass is 19.4. The van der Waals surface area contributed by atoms with Crippen LogP contribution < -0.4 is 10.5 Å². The third kappa shape index (κ3) is 4.05. The van der Waals surface area contributed by atoms with Crippen LogP contribution in [-0.4, -0.2) is 24.4 Å². The van der Waals surface area contributed by atoms with Crippen LogP contribution in [0, 0.1) is 5.82 Å². The topological polar surface area (TPSA) is 74.4 Å². The fourth-order valence-electron chi connectivity index (χ4n) is 1.31. The third-order valence-electron chi connectivity index (χ3n) is 2.14. The summed E-state index contributed by atoms with van der Waals surface area (Å²) in [6, 6.07) is 0. The molecule has 0 amide bonds. The quantitative estimate of drug-likeness (QED) is 0.665. The molecule has 0 radical (unpaired) electrons. The van der Waals surface area contributed by atoms with Gasteiger partial charge >= 0.3 is 12.3 Å². The highest BCUT2D eigenvalue weighted by Crippen LogP contribution is 2.28. The summed E-state index contributed by atoms with van der Waals surface area (Å²) in [6.07, 6.45) is -5.09. The van der Waals surface area contributed by atoms with Crippen molar-refractivity contribution in [2.45, 2.75) is 19.3 Å². The molecule has 106 valence electrons. The fourth-order valence-corrected chi connectivity index (χ4v) is 1.31. The predicted molar refractivity (Wildman–Crippen MR) is 54.5 cm³/mol. The van der Waals surface area contributed by atoms with Crippen LogP contribution in [0.5, 0.6) is 5.75 Å². The van der Waals surface area contributed by atoms with Gasteiger partial charge in [0.25, 0.3) is 0 Å². The Morgan fingerprint density at radius 3 is 2.58 bits per heavy atom. The molecule has 0 saturated carbocycles. The zero-order valence-electron chi connectivity index (χ0n) is 9.75. The molecule has 9 heteroatoms. The molecule has 1 rings (SSSR count). The predicted octanol–water partition coefficient (Wildman–Crippen LogP) is 1.29. The van der Waals surface area contributed by atoms with Crippen LogP contribution in [-0.2, 0) is 22.5 Å². The Bertz CT molecular complexity index is 477. The molecule has 5 nitrogen and oxygen atoms in total. The van der Waals surface area contributed by atoms with E-state index in [1.165, 1.54) is 0 Å². The van der Waals surface area contributed by atoms with Crippen molar-refractivity contribution >= 4 is 5.97 Å². The Morgan fingerprint density at radius 2 is 2.11 bits per heavy atom. The van der Waals surface area contributed by atoms with E-state index >= 15 is 0 Å². The van der Waals surface area contributed by atoms with E-state index in [1.807, 2.05) is 0 Å². The zero-order valence-corrected chi connectivity index (χ0v) is 9.75. The summed E-state index contributed by atoms with van der Waals surface area (Å²) >= 11 is 0. The molecule has 0 aliphatic carbocycles. The van der Waals surface area contributed by atoms with Crippen LogP contribution in [0.1, 0.15) is 11.3 Å². The van der Waals surface area contributed by atoms with Crippen LogP contribution in [0.4, 0.5) is 17.6 Å². The number of alkyl halides is 3. The summed E-state index contributed by atoms with van der Waals surface area (Å²) in [5.41, 5.74) is 4.85. The molecule has 0 aliphatic heterocycles. The van der Waals surface area contributed by atoms with Crippen molar-refractivity contribution in [2.24, 2.45) is 5.73 Å². The van der Waals surface area contributed by atoms with Crippen molar-refractivity contribution in [1.29, 1.82) is 0 Å². The minimum absolute atomic E-state index is 0.0441. The number of rotatable bonds is 4. The van der Waals surface area contributed by atoms with Gasteiger partial charge in [-0.3, -0.25) is 9.78 Å². The number of aromatic nitrogens is 1. The van der Waals surface area contributed by atoms with Gasteiger partial charge < -0.3 is 15.2 Å². The number of nitrogens with zero attached hydrogens (tertiary/aromatic N) is 1. The summed E-state index contributed by atoms with van der Waals surface area (Å²) in [6.45, 7) is -0.241. The van der Waals surface area contributed by atoms with E-state index in [-0.39, 0.29) is 17.8 Å². The van der Waals surface area contributed by atoms with Crippen molar-refractivity contribution in [2.75, 3.05) is 7.11 Å². The molecule has 0 spiro atoms. The first-order valence-corrected chi connectivity index (χ1v) is 4.97. The van der Waals surface area contributed by atoms with Gasteiger partial charge in [0.2, 0.25) is 0 Å². The normalized spacial score (nSPS) is 11.3. The second-order valence-corrected chi connectivity index (χ2v) is 3.37. The lowest BCUT2D eigenvalue weighted by Crippen LogP contribution is -2.20. The summed E-state index contributed by atoms with van der Waals surface area (Å²) < 4.78 is 57.7. The standard InChI is InChI=1S/C10H10F4N2O3/c1-18-8(17)2-5-6(3-15)16-4-7(9(5)11)19-10(12,13)14/h4H,2-3,15H2,1H3. The van der Waals surface area contributed by atoms with Crippen LogP contribution in [0.3, 0.4) is 0 Å². The highest BCUT2D eigenvalue weighted by Gasteiger charge is 2.33. The summed E-state index contributed by atoms with van der Waals surface area (Å²) in [5, 5.41) is 0. The van der Waals surface area contributed by atoms with Gasteiger partial charge in [-0.05, 0) is 0 Å². The first-order valence-electron chi connectivity index (χ1n) is 4.97. The smallest absolute Gasteiger partial charge is 0.469 e. The Kier molecular flexibility index (Phi) is 4.65. The summed E-state index contributed by atoms with van der Waals surface area (Å²) in [7, 11) is 1.06. The van der Waals surface area contributed by atoms with Crippen LogP contribution in [0.15, 0.2) is 6.20 Å². The number of halogens is 4. The lowest BCUT2D eigenvalue weighted by atomic mass is 10.1. The Balaban J connectivity index is 3.18. The number of ether oxygens (including phenoxy) is 2. The second-order valence-electron chi connectivity index (χ2n) is 3.37. The van der Waals surface area contributed by atoms with Gasteiger partial charge in [-0.1, -0.05) is 0 Å². The van der Waals surface area contributed by atoms with Gasteiger partial charge in [0, 0.05) is 12.1 Å². The number of hydrogen-bond acceptors (Lipinski definition) is 5. The molecule has 2 N–H and O–H groups in total. The number of nitrogens with two attached hydrogens (primary N) is 1. The number of esters is 1. The van der Waals surface area contributed by atoms with E-state index in [0.29, 0.717) is 6.20 Å². The summed E-state index contributed by atoms with van der Waals surface area (Å²) in [4.78, 5) is 14.6. The van der Waals surface area contributed by atoms with Crippen LogP contribution in [0.25, 0.3) is 0 Å². The zero-order chi connectivity index (χ0) is 14.6. The molecule has 0 bridgehead atoms. The molecule has 0 atom stereocenters. The SMILES string of the molecule is COC(=O)Cc1c(CN)ncc(OC(F)(F)F)c1F. The van der Waals surface area contributed by atoms with E-state index in [2.05, 4.69) is 14.5 Å². The van der Waals surface area contributed by atoms with Gasteiger partial charge in [0.05, 0.1) is 25.4 Å². The summed E-state index contributed by atoms with van der Waals surface area (Å²) in [5.74, 6) is -3.29. The van der Waals surface area contributed by atoms with E-state index in [0.717, 1.165) is 7.11 Å². The number of carbonyl (C=O) groups excluding carboxylic acids is 1. The average molecular weight is 282 g/mol. The van der Waals surface area contributed by atoms with Gasteiger partial charge in [0.15, 0.2) is 11.6 Å². The maximum atomic E-state index is 13.8. The van der Waals surface area contributed by atoms with Crippen molar-refractivity contribution in [1.82, 2.24) is 4.98 Å². The molecule has 0 fully saturated rings. The number of hydrogen-bond donors (Lipinski definition) is 1. The fraction of sp³-hybridized carbons (Fsp3) is 0.400. The number of methoxy groups -OCH3 is 1. The van der Waals surface area contributed by atoms with Crippen molar-refractivity contribution in [3.8, 4) is 5.75 Å². The maximum absolute atomic E-state index is 13.8. The number of carbonyl (C=O) groups is 1. The molecule has 0 aliphatic rings. The van der Waals surface area contributed by atoms with E-state index < -0.39 is 30.3 Å². The maximum Gasteiger partial charge on any atom is 0.573 e. The minimum atomic E-state index is -5.06. The monoisotopic (exact) mass is 282 g/mol. The van der Waals surface area contributed by atoms with Gasteiger partial charge in [-0.2, -0.15) is 0 Å². The third-order valence-corrected chi connectivity index (χ3v) is 2.14. The van der Waals surface area contributed by atoms with Crippen molar-refractivity contribution in [3.63, 3.8) is 0 Å². The van der Waals surface area contributed by atoms with Crippen LogP contribution in [0.2, 0.25) is 0 Å².